The van der Waals surface area contributed by atoms with Crippen LogP contribution < -0.4 is 0 Å². The highest BCUT2D eigenvalue weighted by Crippen LogP contribution is 2.22. The van der Waals surface area contributed by atoms with Crippen molar-refractivity contribution >= 4 is 15.9 Å². The third-order valence-corrected chi connectivity index (χ3v) is 3.87. The molecule has 1 aliphatic rings. The van der Waals surface area contributed by atoms with Crippen molar-refractivity contribution in [3.05, 3.63) is 16.4 Å². The van der Waals surface area contributed by atoms with Crippen LogP contribution in [0.4, 0.5) is 8.78 Å². The van der Waals surface area contributed by atoms with Gasteiger partial charge in [0.15, 0.2) is 0 Å². The van der Waals surface area contributed by atoms with Crippen LogP contribution in [-0.2, 0) is 18.3 Å². The highest BCUT2D eigenvalue weighted by molar-refractivity contribution is 9.10. The number of aryl methyl sites for hydroxylation is 1. The van der Waals surface area contributed by atoms with E-state index in [1.54, 1.807) is 15.8 Å². The summed E-state index contributed by atoms with van der Waals surface area (Å²) in [5.74, 6) is 0. The van der Waals surface area contributed by atoms with E-state index in [-0.39, 0.29) is 0 Å². The Morgan fingerprint density at radius 1 is 1.56 bits per heavy atom. The minimum atomic E-state index is -2.35. The average Bonchev–Trinajstić information content (AvgIpc) is 2.57. The molecule has 2 rings (SSSR count). The zero-order valence-corrected chi connectivity index (χ0v) is 11.7. The van der Waals surface area contributed by atoms with Gasteiger partial charge >= 0.3 is 0 Å². The summed E-state index contributed by atoms with van der Waals surface area (Å²) in [5, 5.41) is 4.10. The Labute approximate surface area is 113 Å². The van der Waals surface area contributed by atoms with Crippen molar-refractivity contribution in [3.63, 3.8) is 0 Å². The lowest BCUT2D eigenvalue weighted by atomic mass is 10.2. The van der Waals surface area contributed by atoms with E-state index in [0.29, 0.717) is 32.7 Å². The molecule has 0 radical (unpaired) electrons. The van der Waals surface area contributed by atoms with Gasteiger partial charge in [0.2, 0.25) is 0 Å². The van der Waals surface area contributed by atoms with Crippen LogP contribution in [-0.4, -0.2) is 46.9 Å². The quantitative estimate of drug-likeness (QED) is 0.852. The molecule has 0 aliphatic carbocycles. The molecule has 0 N–H and O–H groups in total. The summed E-state index contributed by atoms with van der Waals surface area (Å²) in [6.07, 6.45) is -0.299. The van der Waals surface area contributed by atoms with Crippen LogP contribution in [0.15, 0.2) is 10.7 Å². The number of hydrogen-bond donors (Lipinski definition) is 0. The highest BCUT2D eigenvalue weighted by Gasteiger charge is 2.30. The Morgan fingerprint density at radius 3 is 2.94 bits per heavy atom. The molecule has 0 aromatic carbocycles. The van der Waals surface area contributed by atoms with E-state index in [0.717, 1.165) is 10.2 Å². The summed E-state index contributed by atoms with van der Waals surface area (Å²) in [4.78, 5) is 1.78. The van der Waals surface area contributed by atoms with Crippen molar-refractivity contribution in [3.8, 4) is 0 Å². The molecule has 2 heterocycles. The van der Waals surface area contributed by atoms with Crippen LogP contribution in [0.2, 0.25) is 0 Å². The number of nitrogens with zero attached hydrogens (tertiary/aromatic N) is 3. The number of aromatic nitrogens is 2. The molecule has 1 fully saturated rings. The van der Waals surface area contributed by atoms with E-state index in [9.17, 15) is 8.78 Å². The lowest BCUT2D eigenvalue weighted by Crippen LogP contribution is -2.40. The van der Waals surface area contributed by atoms with Gasteiger partial charge in [-0.1, -0.05) is 0 Å². The molecule has 102 valence electrons. The van der Waals surface area contributed by atoms with E-state index in [2.05, 4.69) is 21.0 Å². The van der Waals surface area contributed by atoms with Crippen LogP contribution in [0.25, 0.3) is 0 Å². The molecular weight excluding hydrogens is 308 g/mol. The van der Waals surface area contributed by atoms with Gasteiger partial charge in [0, 0.05) is 26.7 Å². The predicted molar refractivity (Wildman–Crippen MR) is 66.5 cm³/mol. The Bertz CT molecular complexity index is 380. The molecule has 0 bridgehead atoms. The molecule has 1 aromatic rings. The number of ether oxygens (including phenoxy) is 1. The first-order valence-corrected chi connectivity index (χ1v) is 6.65. The maximum atomic E-state index is 13.0. The van der Waals surface area contributed by atoms with Crippen LogP contribution in [0.5, 0.6) is 0 Å². The fourth-order valence-electron chi connectivity index (χ4n) is 2.12. The largest absolute Gasteiger partial charge is 0.380 e. The first kappa shape index (κ1) is 13.9. The molecule has 7 heteroatoms. The Balaban J connectivity index is 2.13. The van der Waals surface area contributed by atoms with Gasteiger partial charge in [-0.3, -0.25) is 9.58 Å². The lowest BCUT2D eigenvalue weighted by Gasteiger charge is -2.28. The maximum absolute atomic E-state index is 13.0. The van der Waals surface area contributed by atoms with Gasteiger partial charge in [0.1, 0.15) is 0 Å². The third kappa shape index (κ3) is 3.07. The number of rotatable bonds is 3. The number of halogens is 3. The summed E-state index contributed by atoms with van der Waals surface area (Å²) in [5.41, 5.74) is 0.905. The zero-order valence-electron chi connectivity index (χ0n) is 10.2. The Morgan fingerprint density at radius 2 is 2.33 bits per heavy atom. The summed E-state index contributed by atoms with van der Waals surface area (Å²) in [6, 6.07) is -0.741. The van der Waals surface area contributed by atoms with Crippen LogP contribution in [0.1, 0.15) is 12.1 Å². The molecule has 0 saturated carbocycles. The molecule has 1 saturated heterocycles. The second kappa shape index (κ2) is 6.08. The predicted octanol–water partition coefficient (Wildman–Crippen LogP) is 2.04. The standard InChI is InChI=1S/C11H16BrF2N3O/c1-16-10(8(12)6-15-16)7-17-3-5-18-4-2-9(17)11(13)14/h6,9,11H,2-5,7H2,1H3. The van der Waals surface area contributed by atoms with E-state index in [1.807, 2.05) is 7.05 Å². The summed E-state index contributed by atoms with van der Waals surface area (Å²) < 4.78 is 33.9. The molecule has 1 aliphatic heterocycles. The van der Waals surface area contributed by atoms with E-state index >= 15 is 0 Å². The maximum Gasteiger partial charge on any atom is 0.253 e. The minimum Gasteiger partial charge on any atom is -0.380 e. The first-order valence-electron chi connectivity index (χ1n) is 5.86. The van der Waals surface area contributed by atoms with Gasteiger partial charge in [0.25, 0.3) is 6.43 Å². The van der Waals surface area contributed by atoms with Crippen LogP contribution >= 0.6 is 15.9 Å². The van der Waals surface area contributed by atoms with Crippen molar-refractivity contribution < 1.29 is 13.5 Å². The summed E-state index contributed by atoms with van der Waals surface area (Å²) in [6.45, 7) is 1.87. The first-order chi connectivity index (χ1) is 8.59. The zero-order chi connectivity index (χ0) is 13.1. The van der Waals surface area contributed by atoms with Gasteiger partial charge in [-0.2, -0.15) is 5.10 Å². The minimum absolute atomic E-state index is 0.368. The van der Waals surface area contributed by atoms with Gasteiger partial charge in [-0.25, -0.2) is 8.78 Å². The lowest BCUT2D eigenvalue weighted by molar-refractivity contribution is 0.0227. The normalized spacial score (nSPS) is 22.4. The number of hydrogen-bond acceptors (Lipinski definition) is 3. The summed E-state index contributed by atoms with van der Waals surface area (Å²) >= 11 is 3.39. The van der Waals surface area contributed by atoms with Gasteiger partial charge < -0.3 is 4.74 Å². The van der Waals surface area contributed by atoms with Crippen molar-refractivity contribution in [2.75, 3.05) is 19.8 Å². The van der Waals surface area contributed by atoms with E-state index < -0.39 is 12.5 Å². The molecular formula is C11H16BrF2N3O. The smallest absolute Gasteiger partial charge is 0.253 e. The summed E-state index contributed by atoms with van der Waals surface area (Å²) in [7, 11) is 1.81. The molecule has 1 aromatic heterocycles. The van der Waals surface area contributed by atoms with E-state index in [1.165, 1.54) is 0 Å². The van der Waals surface area contributed by atoms with Crippen LogP contribution in [0, 0.1) is 0 Å². The van der Waals surface area contributed by atoms with Crippen molar-refractivity contribution in [1.29, 1.82) is 0 Å². The molecule has 4 nitrogen and oxygen atoms in total. The van der Waals surface area contributed by atoms with Crippen molar-refractivity contribution in [2.24, 2.45) is 7.05 Å². The number of alkyl halides is 2. The Hall–Kier alpha value is -0.530. The fourth-order valence-corrected chi connectivity index (χ4v) is 2.60. The topological polar surface area (TPSA) is 30.3 Å². The van der Waals surface area contributed by atoms with Crippen LogP contribution in [0.3, 0.4) is 0 Å². The third-order valence-electron chi connectivity index (χ3n) is 3.20. The molecule has 0 spiro atoms. The second-order valence-electron chi connectivity index (χ2n) is 4.34. The molecule has 1 unspecified atom stereocenters. The molecule has 0 amide bonds. The molecule has 18 heavy (non-hydrogen) atoms. The molecule has 1 atom stereocenters. The monoisotopic (exact) mass is 323 g/mol. The highest BCUT2D eigenvalue weighted by atomic mass is 79.9. The SMILES string of the molecule is Cn1ncc(Br)c1CN1CCOCCC1C(F)F. The average molecular weight is 324 g/mol. The van der Waals surface area contributed by atoms with Gasteiger partial charge in [-0.15, -0.1) is 0 Å². The fraction of sp³-hybridized carbons (Fsp3) is 0.727. The van der Waals surface area contributed by atoms with E-state index in [4.69, 9.17) is 4.74 Å². The van der Waals surface area contributed by atoms with Gasteiger partial charge in [-0.05, 0) is 22.4 Å². The second-order valence-corrected chi connectivity index (χ2v) is 5.19. The Kier molecular flexibility index (Phi) is 4.69. The van der Waals surface area contributed by atoms with Crippen molar-refractivity contribution in [1.82, 2.24) is 14.7 Å². The van der Waals surface area contributed by atoms with Crippen molar-refractivity contribution in [2.45, 2.75) is 25.4 Å². The van der Waals surface area contributed by atoms with Gasteiger partial charge in [0.05, 0.1) is 29.0 Å².